The van der Waals surface area contributed by atoms with Crippen molar-refractivity contribution < 1.29 is 9.53 Å². The number of pyridine rings is 1. The first-order valence-corrected chi connectivity index (χ1v) is 10.4. The number of nitrogens with zero attached hydrogens (tertiary/aromatic N) is 3. The van der Waals surface area contributed by atoms with E-state index in [9.17, 15) is 4.79 Å². The molecule has 0 radical (unpaired) electrons. The summed E-state index contributed by atoms with van der Waals surface area (Å²) in [4.78, 5) is 17.8. The molecule has 0 aliphatic rings. The Morgan fingerprint density at radius 3 is 2.61 bits per heavy atom. The molecule has 1 amide bonds. The van der Waals surface area contributed by atoms with E-state index in [1.165, 1.54) is 5.56 Å². The Morgan fingerprint density at radius 1 is 1.03 bits per heavy atom. The Labute approximate surface area is 181 Å². The van der Waals surface area contributed by atoms with Crippen LogP contribution in [0.3, 0.4) is 0 Å². The molecule has 0 aliphatic carbocycles. The molecule has 158 valence electrons. The summed E-state index contributed by atoms with van der Waals surface area (Å²) in [5.41, 5.74) is 5.68. The van der Waals surface area contributed by atoms with Crippen LogP contribution in [-0.4, -0.2) is 27.3 Å². The first kappa shape index (κ1) is 20.6. The summed E-state index contributed by atoms with van der Waals surface area (Å²) in [7, 11) is 0. The lowest BCUT2D eigenvalue weighted by Gasteiger charge is -2.13. The van der Waals surface area contributed by atoms with Gasteiger partial charge in [-0.25, -0.2) is 4.98 Å². The normalized spacial score (nSPS) is 11.0. The third-order valence-corrected chi connectivity index (χ3v) is 5.14. The number of amides is 1. The molecule has 0 unspecified atom stereocenters. The smallest absolute Gasteiger partial charge is 0.256 e. The van der Waals surface area contributed by atoms with E-state index in [4.69, 9.17) is 9.72 Å². The van der Waals surface area contributed by atoms with Gasteiger partial charge in [0.05, 0.1) is 17.8 Å². The first-order valence-electron chi connectivity index (χ1n) is 10.4. The average Bonchev–Trinajstić information content (AvgIpc) is 3.09. The van der Waals surface area contributed by atoms with Gasteiger partial charge < -0.3 is 10.1 Å². The molecule has 4 rings (SSSR count). The van der Waals surface area contributed by atoms with Gasteiger partial charge in [0, 0.05) is 17.0 Å². The van der Waals surface area contributed by atoms with E-state index in [0.29, 0.717) is 29.6 Å². The van der Waals surface area contributed by atoms with Crippen LogP contribution in [0, 0.1) is 27.7 Å². The minimum atomic E-state index is -0.230. The zero-order valence-electron chi connectivity index (χ0n) is 18.5. The quantitative estimate of drug-likeness (QED) is 0.481. The number of nitrogens with one attached hydrogen (secondary N) is 1. The SMILES string of the molecule is CCOc1cccc(C(=O)Nc2cc(C)nn2-c2cc(C)c3cc(C)cc(C)c3n2)c1. The fraction of sp³-hybridized carbons (Fsp3) is 0.240. The van der Waals surface area contributed by atoms with Gasteiger partial charge >= 0.3 is 0 Å². The van der Waals surface area contributed by atoms with Gasteiger partial charge in [-0.2, -0.15) is 9.78 Å². The van der Waals surface area contributed by atoms with Crippen LogP contribution in [0.1, 0.15) is 39.7 Å². The van der Waals surface area contributed by atoms with Crippen molar-refractivity contribution in [3.05, 3.63) is 76.5 Å². The van der Waals surface area contributed by atoms with Gasteiger partial charge in [0.1, 0.15) is 11.6 Å². The van der Waals surface area contributed by atoms with Gasteiger partial charge in [0.2, 0.25) is 0 Å². The molecule has 0 aliphatic heterocycles. The van der Waals surface area contributed by atoms with Gasteiger partial charge in [-0.15, -0.1) is 0 Å². The van der Waals surface area contributed by atoms with Gasteiger partial charge in [-0.05, 0) is 76.1 Å². The number of carbonyl (C=O) groups is 1. The summed E-state index contributed by atoms with van der Waals surface area (Å²) < 4.78 is 7.20. The summed E-state index contributed by atoms with van der Waals surface area (Å²) in [6.45, 7) is 10.6. The van der Waals surface area contributed by atoms with Crippen molar-refractivity contribution in [2.75, 3.05) is 11.9 Å². The van der Waals surface area contributed by atoms with E-state index in [0.717, 1.165) is 27.7 Å². The van der Waals surface area contributed by atoms with Crippen molar-refractivity contribution >= 4 is 22.6 Å². The van der Waals surface area contributed by atoms with Crippen molar-refractivity contribution in [3.63, 3.8) is 0 Å². The average molecular weight is 415 g/mol. The molecule has 31 heavy (non-hydrogen) atoms. The third-order valence-electron chi connectivity index (χ3n) is 5.14. The van der Waals surface area contributed by atoms with Gasteiger partial charge in [-0.3, -0.25) is 4.79 Å². The Morgan fingerprint density at radius 2 is 1.84 bits per heavy atom. The highest BCUT2D eigenvalue weighted by Crippen LogP contribution is 2.26. The van der Waals surface area contributed by atoms with E-state index < -0.39 is 0 Å². The van der Waals surface area contributed by atoms with Crippen LogP contribution < -0.4 is 10.1 Å². The largest absolute Gasteiger partial charge is 0.494 e. The summed E-state index contributed by atoms with van der Waals surface area (Å²) in [6, 6.07) is 15.2. The fourth-order valence-corrected chi connectivity index (χ4v) is 3.78. The molecule has 2 heterocycles. The second-order valence-corrected chi connectivity index (χ2v) is 7.77. The predicted molar refractivity (Wildman–Crippen MR) is 123 cm³/mol. The number of anilines is 1. The number of aryl methyl sites for hydroxylation is 4. The highest BCUT2D eigenvalue weighted by Gasteiger charge is 2.16. The number of benzene rings is 2. The number of hydrogen-bond donors (Lipinski definition) is 1. The maximum atomic E-state index is 12.9. The first-order chi connectivity index (χ1) is 14.9. The number of hydrogen-bond acceptors (Lipinski definition) is 4. The summed E-state index contributed by atoms with van der Waals surface area (Å²) in [5.74, 6) is 1.67. The lowest BCUT2D eigenvalue weighted by Crippen LogP contribution is -2.16. The maximum Gasteiger partial charge on any atom is 0.256 e. The molecule has 2 aromatic carbocycles. The monoisotopic (exact) mass is 414 g/mol. The minimum Gasteiger partial charge on any atom is -0.494 e. The molecule has 2 aromatic heterocycles. The summed E-state index contributed by atoms with van der Waals surface area (Å²) >= 11 is 0. The maximum absolute atomic E-state index is 12.9. The molecule has 4 aromatic rings. The van der Waals surface area contributed by atoms with E-state index in [1.807, 2.05) is 38.1 Å². The summed E-state index contributed by atoms with van der Waals surface area (Å²) in [5, 5.41) is 8.69. The molecular weight excluding hydrogens is 388 g/mol. The van der Waals surface area contributed by atoms with E-state index in [-0.39, 0.29) is 5.91 Å². The molecule has 0 saturated heterocycles. The Kier molecular flexibility index (Phi) is 5.46. The van der Waals surface area contributed by atoms with Crippen LogP contribution in [0.25, 0.3) is 16.7 Å². The lowest BCUT2D eigenvalue weighted by atomic mass is 10.0. The van der Waals surface area contributed by atoms with E-state index >= 15 is 0 Å². The number of aromatic nitrogens is 3. The van der Waals surface area contributed by atoms with Gasteiger partial charge in [0.15, 0.2) is 5.82 Å². The Hall–Kier alpha value is -3.67. The van der Waals surface area contributed by atoms with Crippen molar-refractivity contribution in [3.8, 4) is 11.6 Å². The van der Waals surface area contributed by atoms with Crippen LogP contribution in [0.5, 0.6) is 5.75 Å². The third kappa shape index (κ3) is 4.14. The standard InChI is InChI=1S/C25H26N4O2/c1-6-31-20-9-7-8-19(14-20)25(30)27-23-13-18(5)28-29(23)22-12-16(3)21-11-15(2)10-17(4)24(21)26-22/h7-14H,6H2,1-5H3,(H,27,30). The zero-order chi connectivity index (χ0) is 22.1. The molecule has 0 atom stereocenters. The highest BCUT2D eigenvalue weighted by molar-refractivity contribution is 6.04. The predicted octanol–water partition coefficient (Wildman–Crippen LogP) is 5.31. The van der Waals surface area contributed by atoms with Crippen LogP contribution in [-0.2, 0) is 0 Å². The minimum absolute atomic E-state index is 0.230. The molecule has 0 saturated carbocycles. The molecular formula is C25H26N4O2. The lowest BCUT2D eigenvalue weighted by molar-refractivity contribution is 0.102. The van der Waals surface area contributed by atoms with Crippen LogP contribution in [0.2, 0.25) is 0 Å². The molecule has 6 nitrogen and oxygen atoms in total. The van der Waals surface area contributed by atoms with Crippen LogP contribution in [0.15, 0.2) is 48.5 Å². The second-order valence-electron chi connectivity index (χ2n) is 7.77. The molecule has 0 fully saturated rings. The van der Waals surface area contributed by atoms with E-state index in [2.05, 4.69) is 43.3 Å². The van der Waals surface area contributed by atoms with Crippen LogP contribution >= 0.6 is 0 Å². The molecule has 0 bridgehead atoms. The van der Waals surface area contributed by atoms with E-state index in [1.54, 1.807) is 16.8 Å². The Balaban J connectivity index is 1.73. The molecule has 0 spiro atoms. The number of fused-ring (bicyclic) bond motifs is 1. The van der Waals surface area contributed by atoms with Crippen molar-refractivity contribution in [2.24, 2.45) is 0 Å². The molecule has 1 N–H and O–H groups in total. The molecule has 6 heteroatoms. The van der Waals surface area contributed by atoms with Crippen molar-refractivity contribution in [2.45, 2.75) is 34.6 Å². The highest BCUT2D eigenvalue weighted by atomic mass is 16.5. The van der Waals surface area contributed by atoms with Gasteiger partial charge in [0.25, 0.3) is 5.91 Å². The number of rotatable bonds is 5. The Bertz CT molecular complexity index is 1290. The fourth-order valence-electron chi connectivity index (χ4n) is 3.78. The zero-order valence-corrected chi connectivity index (χ0v) is 18.5. The number of carbonyl (C=O) groups excluding carboxylic acids is 1. The van der Waals surface area contributed by atoms with Crippen LogP contribution in [0.4, 0.5) is 5.82 Å². The van der Waals surface area contributed by atoms with Crippen molar-refractivity contribution in [1.82, 2.24) is 14.8 Å². The topological polar surface area (TPSA) is 69.0 Å². The summed E-state index contributed by atoms with van der Waals surface area (Å²) in [6.07, 6.45) is 0. The number of ether oxygens (including phenoxy) is 1. The van der Waals surface area contributed by atoms with Gasteiger partial charge in [-0.1, -0.05) is 17.7 Å². The van der Waals surface area contributed by atoms with Crippen molar-refractivity contribution in [1.29, 1.82) is 0 Å². The second kappa shape index (κ2) is 8.22.